The molecule has 0 saturated carbocycles. The molecule has 1 aliphatic rings. The molecule has 3 rings (SSSR count). The Morgan fingerprint density at radius 3 is 2.76 bits per heavy atom. The predicted molar refractivity (Wildman–Crippen MR) is 85.4 cm³/mol. The van der Waals surface area contributed by atoms with Crippen molar-refractivity contribution in [2.24, 2.45) is 0 Å². The number of aliphatic hydroxyl groups excluding tert-OH is 1. The molecule has 0 aromatic heterocycles. The summed E-state index contributed by atoms with van der Waals surface area (Å²) in [6.07, 6.45) is -0.478. The summed E-state index contributed by atoms with van der Waals surface area (Å²) in [7, 11) is 0. The van der Waals surface area contributed by atoms with Gasteiger partial charge in [0.25, 0.3) is 0 Å². The molecule has 1 atom stereocenters. The molecular formula is C18H23NO2. The Kier molecular flexibility index (Phi) is 3.98. The van der Waals surface area contributed by atoms with E-state index in [1.807, 2.05) is 24.3 Å². The van der Waals surface area contributed by atoms with Gasteiger partial charge in [-0.25, -0.2) is 0 Å². The first kappa shape index (κ1) is 14.5. The van der Waals surface area contributed by atoms with Crippen LogP contribution in [0, 0.1) is 0 Å². The molecule has 1 aliphatic heterocycles. The molecule has 112 valence electrons. The van der Waals surface area contributed by atoms with Crippen LogP contribution in [0.4, 0.5) is 0 Å². The molecule has 1 heterocycles. The number of nitrogens with zero attached hydrogens (tertiary/aromatic N) is 1. The van der Waals surface area contributed by atoms with Crippen LogP contribution in [0.3, 0.4) is 0 Å². The summed E-state index contributed by atoms with van der Waals surface area (Å²) < 4.78 is 5.55. The van der Waals surface area contributed by atoms with E-state index >= 15 is 0 Å². The fourth-order valence-electron chi connectivity index (χ4n) is 3.08. The number of rotatable bonds is 3. The van der Waals surface area contributed by atoms with Crippen LogP contribution in [0.1, 0.15) is 25.5 Å². The third-order valence-corrected chi connectivity index (χ3v) is 4.39. The van der Waals surface area contributed by atoms with Crippen LogP contribution in [0.5, 0.6) is 0 Å². The van der Waals surface area contributed by atoms with Crippen molar-refractivity contribution in [1.29, 1.82) is 0 Å². The monoisotopic (exact) mass is 285 g/mol. The van der Waals surface area contributed by atoms with Crippen molar-refractivity contribution in [3.8, 4) is 0 Å². The first-order valence-electron chi connectivity index (χ1n) is 7.56. The van der Waals surface area contributed by atoms with Gasteiger partial charge in [0.2, 0.25) is 0 Å². The molecule has 1 saturated heterocycles. The summed E-state index contributed by atoms with van der Waals surface area (Å²) in [6, 6.07) is 14.4. The van der Waals surface area contributed by atoms with E-state index < -0.39 is 6.10 Å². The van der Waals surface area contributed by atoms with Crippen molar-refractivity contribution >= 4 is 10.8 Å². The van der Waals surface area contributed by atoms with Crippen LogP contribution < -0.4 is 0 Å². The highest BCUT2D eigenvalue weighted by Gasteiger charge is 2.32. The van der Waals surface area contributed by atoms with E-state index in [4.69, 9.17) is 4.74 Å². The smallest absolute Gasteiger partial charge is 0.0923 e. The lowest BCUT2D eigenvalue weighted by molar-refractivity contribution is -0.0666. The number of hydrogen-bond acceptors (Lipinski definition) is 3. The minimum atomic E-state index is -0.478. The van der Waals surface area contributed by atoms with E-state index in [1.54, 1.807) is 0 Å². The van der Waals surface area contributed by atoms with Gasteiger partial charge in [0.05, 0.1) is 19.3 Å². The molecule has 0 spiro atoms. The molecule has 1 fully saturated rings. The SMILES string of the molecule is CC1(C)COCCN1CC(O)c1cccc2ccccc12. The van der Waals surface area contributed by atoms with Gasteiger partial charge >= 0.3 is 0 Å². The van der Waals surface area contributed by atoms with Crippen molar-refractivity contribution in [2.75, 3.05) is 26.3 Å². The lowest BCUT2D eigenvalue weighted by Crippen LogP contribution is -2.54. The molecule has 2 aromatic carbocycles. The van der Waals surface area contributed by atoms with Crippen molar-refractivity contribution in [3.63, 3.8) is 0 Å². The third kappa shape index (κ3) is 2.95. The Morgan fingerprint density at radius 1 is 1.19 bits per heavy atom. The number of hydrogen-bond donors (Lipinski definition) is 1. The van der Waals surface area contributed by atoms with Crippen molar-refractivity contribution in [2.45, 2.75) is 25.5 Å². The minimum absolute atomic E-state index is 0.0240. The summed E-state index contributed by atoms with van der Waals surface area (Å²) in [5.41, 5.74) is 0.986. The van der Waals surface area contributed by atoms with Crippen molar-refractivity contribution in [3.05, 3.63) is 48.0 Å². The van der Waals surface area contributed by atoms with Gasteiger partial charge in [-0.05, 0) is 30.2 Å². The van der Waals surface area contributed by atoms with Crippen LogP contribution in [0.2, 0.25) is 0 Å². The van der Waals surface area contributed by atoms with Crippen LogP contribution >= 0.6 is 0 Å². The Morgan fingerprint density at radius 2 is 1.95 bits per heavy atom. The lowest BCUT2D eigenvalue weighted by Gasteiger charge is -2.43. The molecule has 2 aromatic rings. The van der Waals surface area contributed by atoms with Gasteiger partial charge in [-0.2, -0.15) is 0 Å². The van der Waals surface area contributed by atoms with Gasteiger partial charge in [0, 0.05) is 18.6 Å². The molecule has 0 amide bonds. The Labute approximate surface area is 126 Å². The maximum atomic E-state index is 10.7. The second kappa shape index (κ2) is 5.76. The average Bonchev–Trinajstić information content (AvgIpc) is 2.48. The fourth-order valence-corrected chi connectivity index (χ4v) is 3.08. The number of morpholine rings is 1. The molecule has 21 heavy (non-hydrogen) atoms. The van der Waals surface area contributed by atoms with E-state index in [2.05, 4.69) is 36.9 Å². The molecule has 0 bridgehead atoms. The highest BCUT2D eigenvalue weighted by atomic mass is 16.5. The van der Waals surface area contributed by atoms with Gasteiger partial charge in [-0.1, -0.05) is 42.5 Å². The zero-order chi connectivity index (χ0) is 14.9. The summed E-state index contributed by atoms with van der Waals surface area (Å²) >= 11 is 0. The maximum Gasteiger partial charge on any atom is 0.0923 e. The van der Waals surface area contributed by atoms with Gasteiger partial charge < -0.3 is 9.84 Å². The Bertz CT molecular complexity index is 618. The summed E-state index contributed by atoms with van der Waals surface area (Å²) in [6.45, 7) is 7.31. The molecule has 3 nitrogen and oxygen atoms in total. The molecule has 0 radical (unpaired) electrons. The fraction of sp³-hybridized carbons (Fsp3) is 0.444. The van der Waals surface area contributed by atoms with E-state index in [0.29, 0.717) is 6.54 Å². The zero-order valence-corrected chi connectivity index (χ0v) is 12.7. The molecule has 0 aliphatic carbocycles. The summed E-state index contributed by atoms with van der Waals surface area (Å²) in [5.74, 6) is 0. The lowest BCUT2D eigenvalue weighted by atomic mass is 9.97. The Hall–Kier alpha value is -1.42. The topological polar surface area (TPSA) is 32.7 Å². The quantitative estimate of drug-likeness (QED) is 0.941. The van der Waals surface area contributed by atoms with Gasteiger partial charge in [0.15, 0.2) is 0 Å². The van der Waals surface area contributed by atoms with Crippen LogP contribution in [-0.4, -0.2) is 41.8 Å². The largest absolute Gasteiger partial charge is 0.387 e. The maximum absolute atomic E-state index is 10.7. The first-order valence-corrected chi connectivity index (χ1v) is 7.56. The zero-order valence-electron chi connectivity index (χ0n) is 12.7. The molecule has 3 heteroatoms. The second-order valence-electron chi connectivity index (χ2n) is 6.40. The van der Waals surface area contributed by atoms with Crippen LogP contribution in [-0.2, 0) is 4.74 Å². The number of benzene rings is 2. The van der Waals surface area contributed by atoms with Crippen LogP contribution in [0.15, 0.2) is 42.5 Å². The van der Waals surface area contributed by atoms with E-state index in [-0.39, 0.29) is 5.54 Å². The third-order valence-electron chi connectivity index (χ3n) is 4.39. The first-order chi connectivity index (χ1) is 10.1. The Balaban J connectivity index is 1.85. The second-order valence-corrected chi connectivity index (χ2v) is 6.40. The van der Waals surface area contributed by atoms with Gasteiger partial charge in [0.1, 0.15) is 0 Å². The summed E-state index contributed by atoms with van der Waals surface area (Å²) in [5, 5.41) is 13.0. The number of aliphatic hydroxyl groups is 1. The molecular weight excluding hydrogens is 262 g/mol. The standard InChI is InChI=1S/C18H23NO2/c1-18(2)13-21-11-10-19(18)12-17(20)16-9-5-7-14-6-3-4-8-15(14)16/h3-9,17,20H,10-13H2,1-2H3. The molecule has 1 unspecified atom stereocenters. The van der Waals surface area contributed by atoms with Gasteiger partial charge in [-0.15, -0.1) is 0 Å². The normalized spacial score (nSPS) is 20.5. The number of β-amino-alcohol motifs (C(OH)–C–C–N with tert-alkyl or cyclic N) is 1. The number of fused-ring (bicyclic) bond motifs is 1. The van der Waals surface area contributed by atoms with Crippen molar-refractivity contribution in [1.82, 2.24) is 4.90 Å². The van der Waals surface area contributed by atoms with E-state index in [9.17, 15) is 5.11 Å². The highest BCUT2D eigenvalue weighted by molar-refractivity contribution is 5.85. The minimum Gasteiger partial charge on any atom is -0.387 e. The molecule has 1 N–H and O–H groups in total. The number of ether oxygens (including phenoxy) is 1. The highest BCUT2D eigenvalue weighted by Crippen LogP contribution is 2.27. The summed E-state index contributed by atoms with van der Waals surface area (Å²) in [4.78, 5) is 2.32. The van der Waals surface area contributed by atoms with E-state index in [0.717, 1.165) is 30.7 Å². The predicted octanol–water partition coefficient (Wildman–Crippen LogP) is 2.98. The van der Waals surface area contributed by atoms with Crippen molar-refractivity contribution < 1.29 is 9.84 Å². The van der Waals surface area contributed by atoms with E-state index in [1.165, 1.54) is 5.39 Å². The van der Waals surface area contributed by atoms with Gasteiger partial charge in [-0.3, -0.25) is 4.90 Å². The van der Waals surface area contributed by atoms with Crippen LogP contribution in [0.25, 0.3) is 10.8 Å². The average molecular weight is 285 g/mol.